The quantitative estimate of drug-likeness (QED) is 0.454. The van der Waals surface area contributed by atoms with Crippen LogP contribution in [0.3, 0.4) is 0 Å². The number of thioether (sulfide) groups is 1. The number of carbonyl (C=O) groups is 1. The largest absolute Gasteiger partial charge is 0.431 e. The molecule has 2 aromatic carbocycles. The van der Waals surface area contributed by atoms with Crippen molar-refractivity contribution in [2.45, 2.75) is 24.0 Å². The van der Waals surface area contributed by atoms with Crippen molar-refractivity contribution in [3.8, 4) is 0 Å². The SMILES string of the molecule is CCN(CC)S(=O)(=O)c1ccc2oc(SCC(=O)Nc3ccc(Cl)c(Cl)c3)nc2c1. The summed E-state index contributed by atoms with van der Waals surface area (Å²) in [7, 11) is -3.59. The zero-order valence-electron chi connectivity index (χ0n) is 16.2. The number of hydrogen-bond acceptors (Lipinski definition) is 6. The number of nitrogens with zero attached hydrogens (tertiary/aromatic N) is 2. The Hall–Kier alpha value is -1.78. The fourth-order valence-electron chi connectivity index (χ4n) is 2.72. The molecule has 160 valence electrons. The standard InChI is InChI=1S/C19H19Cl2N3O4S2/c1-3-24(4-2)30(26,27)13-6-8-17-16(10-13)23-19(28-17)29-11-18(25)22-12-5-7-14(20)15(21)9-12/h5-10H,3-4,11H2,1-2H3,(H,22,25). The minimum Gasteiger partial charge on any atom is -0.431 e. The van der Waals surface area contributed by atoms with Crippen molar-refractivity contribution in [2.75, 3.05) is 24.2 Å². The minimum atomic E-state index is -3.59. The zero-order chi connectivity index (χ0) is 21.9. The molecule has 3 aromatic rings. The first-order chi connectivity index (χ1) is 14.2. The monoisotopic (exact) mass is 487 g/mol. The van der Waals surface area contributed by atoms with E-state index in [0.717, 1.165) is 11.8 Å². The molecule has 0 spiro atoms. The Morgan fingerprint density at radius 2 is 1.87 bits per heavy atom. The van der Waals surface area contributed by atoms with Gasteiger partial charge in [0.1, 0.15) is 5.52 Å². The van der Waals surface area contributed by atoms with Crippen LogP contribution in [0.4, 0.5) is 5.69 Å². The number of hydrogen-bond donors (Lipinski definition) is 1. The Labute approximate surface area is 188 Å². The number of benzene rings is 2. The number of carbonyl (C=O) groups excluding carboxylic acids is 1. The second kappa shape index (κ2) is 9.57. The van der Waals surface area contributed by atoms with Gasteiger partial charge in [0.15, 0.2) is 5.58 Å². The zero-order valence-corrected chi connectivity index (χ0v) is 19.3. The summed E-state index contributed by atoms with van der Waals surface area (Å²) in [6.45, 7) is 4.33. The maximum Gasteiger partial charge on any atom is 0.257 e. The number of oxazole rings is 1. The van der Waals surface area contributed by atoms with Gasteiger partial charge in [-0.15, -0.1) is 0 Å². The lowest BCUT2D eigenvalue weighted by Gasteiger charge is -2.18. The van der Waals surface area contributed by atoms with E-state index in [1.54, 1.807) is 38.1 Å². The number of halogens is 2. The van der Waals surface area contributed by atoms with Gasteiger partial charge in [0.05, 0.1) is 20.7 Å². The van der Waals surface area contributed by atoms with Crippen LogP contribution in [0.2, 0.25) is 10.0 Å². The maximum absolute atomic E-state index is 12.7. The summed E-state index contributed by atoms with van der Waals surface area (Å²) >= 11 is 12.9. The molecule has 0 unspecified atom stereocenters. The summed E-state index contributed by atoms with van der Waals surface area (Å²) in [6.07, 6.45) is 0. The van der Waals surface area contributed by atoms with E-state index in [1.807, 2.05) is 0 Å². The van der Waals surface area contributed by atoms with Gasteiger partial charge in [-0.05, 0) is 36.4 Å². The van der Waals surface area contributed by atoms with Crippen molar-refractivity contribution >= 4 is 67.7 Å². The molecule has 0 atom stereocenters. The highest BCUT2D eigenvalue weighted by atomic mass is 35.5. The Morgan fingerprint density at radius 3 is 2.53 bits per heavy atom. The van der Waals surface area contributed by atoms with E-state index in [4.69, 9.17) is 27.6 Å². The van der Waals surface area contributed by atoms with Crippen molar-refractivity contribution in [1.82, 2.24) is 9.29 Å². The normalized spacial score (nSPS) is 11.9. The van der Waals surface area contributed by atoms with Crippen LogP contribution in [0, 0.1) is 0 Å². The summed E-state index contributed by atoms with van der Waals surface area (Å²) in [4.78, 5) is 16.6. The lowest BCUT2D eigenvalue weighted by atomic mass is 10.3. The van der Waals surface area contributed by atoms with E-state index in [0.29, 0.717) is 39.9 Å². The van der Waals surface area contributed by atoms with Gasteiger partial charge in [0.2, 0.25) is 15.9 Å². The molecule has 7 nitrogen and oxygen atoms in total. The lowest BCUT2D eigenvalue weighted by Crippen LogP contribution is -2.30. The van der Waals surface area contributed by atoms with Gasteiger partial charge in [-0.1, -0.05) is 48.8 Å². The van der Waals surface area contributed by atoms with E-state index in [1.165, 1.54) is 16.4 Å². The first-order valence-corrected chi connectivity index (χ1v) is 12.2. The number of nitrogens with one attached hydrogen (secondary N) is 1. The molecule has 3 rings (SSSR count). The van der Waals surface area contributed by atoms with E-state index < -0.39 is 10.0 Å². The van der Waals surface area contributed by atoms with Crippen LogP contribution in [0.25, 0.3) is 11.1 Å². The van der Waals surface area contributed by atoms with E-state index in [9.17, 15) is 13.2 Å². The van der Waals surface area contributed by atoms with Gasteiger partial charge < -0.3 is 9.73 Å². The Balaban J connectivity index is 1.70. The molecule has 1 heterocycles. The smallest absolute Gasteiger partial charge is 0.257 e. The molecule has 0 aliphatic rings. The molecule has 0 aliphatic carbocycles. The summed E-state index contributed by atoms with van der Waals surface area (Å²) < 4.78 is 32.3. The van der Waals surface area contributed by atoms with Gasteiger partial charge in [-0.3, -0.25) is 4.79 Å². The second-order valence-corrected chi connectivity index (χ2v) is 9.84. The van der Waals surface area contributed by atoms with Gasteiger partial charge in [0.25, 0.3) is 5.22 Å². The third-order valence-electron chi connectivity index (χ3n) is 4.21. The summed E-state index contributed by atoms with van der Waals surface area (Å²) in [5, 5.41) is 3.73. The predicted octanol–water partition coefficient (Wildman–Crippen LogP) is 4.90. The molecule has 0 radical (unpaired) electrons. The van der Waals surface area contributed by atoms with Crippen LogP contribution in [-0.4, -0.2) is 42.5 Å². The topological polar surface area (TPSA) is 92.5 Å². The number of anilines is 1. The van der Waals surface area contributed by atoms with Gasteiger partial charge in [0, 0.05) is 18.8 Å². The van der Waals surface area contributed by atoms with Crippen molar-refractivity contribution in [3.63, 3.8) is 0 Å². The molecular weight excluding hydrogens is 469 g/mol. The third-order valence-corrected chi connectivity index (χ3v) is 7.83. The van der Waals surface area contributed by atoms with Gasteiger partial charge in [-0.25, -0.2) is 13.4 Å². The molecule has 0 fully saturated rings. The molecular formula is C19H19Cl2N3O4S2. The fraction of sp³-hybridized carbons (Fsp3) is 0.263. The molecule has 1 amide bonds. The number of amides is 1. The first kappa shape index (κ1) is 22.9. The number of fused-ring (bicyclic) bond motifs is 1. The average molecular weight is 488 g/mol. The van der Waals surface area contributed by atoms with E-state index in [-0.39, 0.29) is 21.8 Å². The van der Waals surface area contributed by atoms with E-state index >= 15 is 0 Å². The molecule has 1 aromatic heterocycles. The van der Waals surface area contributed by atoms with Gasteiger partial charge in [-0.2, -0.15) is 4.31 Å². The molecule has 0 saturated heterocycles. The van der Waals surface area contributed by atoms with Gasteiger partial charge >= 0.3 is 0 Å². The molecule has 11 heteroatoms. The average Bonchev–Trinajstić information content (AvgIpc) is 3.12. The molecule has 0 saturated carbocycles. The lowest BCUT2D eigenvalue weighted by molar-refractivity contribution is -0.113. The molecule has 0 aliphatic heterocycles. The molecule has 0 bridgehead atoms. The fourth-order valence-corrected chi connectivity index (χ4v) is 5.13. The first-order valence-electron chi connectivity index (χ1n) is 9.03. The highest BCUT2D eigenvalue weighted by molar-refractivity contribution is 7.99. The maximum atomic E-state index is 12.7. The van der Waals surface area contributed by atoms with Crippen molar-refractivity contribution in [3.05, 3.63) is 46.4 Å². The van der Waals surface area contributed by atoms with Crippen LogP contribution >= 0.6 is 35.0 Å². The van der Waals surface area contributed by atoms with Crippen LogP contribution in [0.15, 0.2) is 50.9 Å². The number of sulfonamides is 1. The number of rotatable bonds is 8. The Bertz CT molecular complexity index is 1180. The molecule has 1 N–H and O–H groups in total. The van der Waals surface area contributed by atoms with E-state index in [2.05, 4.69) is 10.3 Å². The highest BCUT2D eigenvalue weighted by Gasteiger charge is 2.22. The second-order valence-electron chi connectivity index (χ2n) is 6.16. The van der Waals surface area contributed by atoms with Crippen molar-refractivity contribution < 1.29 is 17.6 Å². The minimum absolute atomic E-state index is 0.0532. The van der Waals surface area contributed by atoms with Crippen LogP contribution in [0.5, 0.6) is 0 Å². The Morgan fingerprint density at radius 1 is 1.13 bits per heavy atom. The van der Waals surface area contributed by atoms with Crippen LogP contribution in [0.1, 0.15) is 13.8 Å². The van der Waals surface area contributed by atoms with Crippen LogP contribution < -0.4 is 5.32 Å². The highest BCUT2D eigenvalue weighted by Crippen LogP contribution is 2.28. The van der Waals surface area contributed by atoms with Crippen molar-refractivity contribution in [2.24, 2.45) is 0 Å². The van der Waals surface area contributed by atoms with Crippen molar-refractivity contribution in [1.29, 1.82) is 0 Å². The van der Waals surface area contributed by atoms with Crippen LogP contribution in [-0.2, 0) is 14.8 Å². The summed E-state index contributed by atoms with van der Waals surface area (Å²) in [5.41, 5.74) is 1.38. The Kier molecular flexibility index (Phi) is 7.30. The number of aromatic nitrogens is 1. The summed E-state index contributed by atoms with van der Waals surface area (Å²) in [5.74, 6) is -0.219. The predicted molar refractivity (Wildman–Crippen MR) is 120 cm³/mol. The summed E-state index contributed by atoms with van der Waals surface area (Å²) in [6, 6.07) is 9.34. The third kappa shape index (κ3) is 5.09. The molecule has 30 heavy (non-hydrogen) atoms.